The van der Waals surface area contributed by atoms with Crippen LogP contribution in [0, 0.1) is 0 Å². The number of hydrogen-bond donors (Lipinski definition) is 1. The molecule has 3 nitrogen and oxygen atoms in total. The van der Waals surface area contributed by atoms with Gasteiger partial charge in [-0.3, -0.25) is 0 Å². The van der Waals surface area contributed by atoms with Crippen LogP contribution >= 0.6 is 0 Å². The molecule has 20 heteroatoms. The molecule has 0 saturated heterocycles. The number of halogens is 17. The van der Waals surface area contributed by atoms with Crippen molar-refractivity contribution in [3.63, 3.8) is 0 Å². The van der Waals surface area contributed by atoms with Crippen molar-refractivity contribution in [2.24, 2.45) is 0 Å². The van der Waals surface area contributed by atoms with Gasteiger partial charge in [-0.25, -0.2) is 44.3 Å². The van der Waals surface area contributed by atoms with E-state index in [-0.39, 0.29) is 12.1 Å². The van der Waals surface area contributed by atoms with E-state index in [2.05, 4.69) is 4.74 Å². The fraction of sp³-hybridized carbons (Fsp3) is 0.632. The minimum Gasteiger partial charge on any atom is -0.478 e. The van der Waals surface area contributed by atoms with E-state index in [1.54, 1.807) is 0 Å². The van der Waals surface area contributed by atoms with E-state index in [4.69, 9.17) is 5.11 Å². The Kier molecular flexibility index (Phi) is 10.4. The summed E-state index contributed by atoms with van der Waals surface area (Å²) in [6.07, 6.45) is -44.7. The second-order valence-corrected chi connectivity index (χ2v) is 7.63. The summed E-state index contributed by atoms with van der Waals surface area (Å²) in [5.41, 5.74) is -0.975. The quantitative estimate of drug-likeness (QED) is 0.233. The average Bonchev–Trinajstić information content (AvgIpc) is 2.84. The molecule has 0 amide bonds. The third kappa shape index (κ3) is 6.55. The van der Waals surface area contributed by atoms with Crippen molar-refractivity contribution >= 4 is 5.97 Å². The molecule has 7 atom stereocenters. The highest BCUT2D eigenvalue weighted by atomic mass is 19.4. The second-order valence-electron chi connectivity index (χ2n) is 7.63. The van der Waals surface area contributed by atoms with Crippen molar-refractivity contribution < 1.29 is 89.3 Å². The van der Waals surface area contributed by atoms with Gasteiger partial charge in [-0.05, 0) is 18.2 Å². The van der Waals surface area contributed by atoms with Gasteiger partial charge in [0.25, 0.3) is 6.43 Å². The molecular weight excluding hydrogens is 599 g/mol. The zero-order valence-corrected chi connectivity index (χ0v) is 18.1. The minimum atomic E-state index is -7.75. The molecule has 1 N–H and O–H groups in total. The van der Waals surface area contributed by atoms with Crippen molar-refractivity contribution in [3.05, 3.63) is 29.8 Å². The molecule has 0 heterocycles. The molecule has 0 fully saturated rings. The first kappa shape index (κ1) is 34.3. The fourth-order valence-electron chi connectivity index (χ4n) is 2.67. The SMILES string of the molecule is O=C(O)c1cccc(OC(F)(F)C(F)(F)C(F)(F)C(F)(F)C(F)C(F)C(F)C(F)C(F)C(F)C(F)C(F)F)c1. The number of alkyl halides is 17. The first-order chi connectivity index (χ1) is 17.5. The Morgan fingerprint density at radius 1 is 0.667 bits per heavy atom. The van der Waals surface area contributed by atoms with Crippen LogP contribution in [0.5, 0.6) is 5.75 Å². The number of carboxylic acid groups (broad SMARTS) is 1. The maximum Gasteiger partial charge on any atom is 0.471 e. The Morgan fingerprint density at radius 3 is 1.54 bits per heavy atom. The number of benzene rings is 1. The minimum absolute atomic E-state index is 0.0226. The summed E-state index contributed by atoms with van der Waals surface area (Å²) in [7, 11) is 0. The maximum absolute atomic E-state index is 13.9. The molecule has 0 aliphatic heterocycles. The van der Waals surface area contributed by atoms with Crippen LogP contribution in [-0.2, 0) is 0 Å². The smallest absolute Gasteiger partial charge is 0.471 e. The maximum atomic E-state index is 13.9. The van der Waals surface area contributed by atoms with Gasteiger partial charge in [0.15, 0.2) is 37.0 Å². The number of rotatable bonds is 14. The lowest BCUT2D eigenvalue weighted by atomic mass is 9.92. The van der Waals surface area contributed by atoms with Gasteiger partial charge in [0.05, 0.1) is 5.56 Å². The van der Waals surface area contributed by atoms with E-state index < -0.39 is 90.8 Å². The van der Waals surface area contributed by atoms with Gasteiger partial charge in [0.2, 0.25) is 6.17 Å². The molecule has 0 radical (unpaired) electrons. The van der Waals surface area contributed by atoms with Crippen molar-refractivity contribution in [2.75, 3.05) is 0 Å². The third-order valence-electron chi connectivity index (χ3n) is 4.89. The van der Waals surface area contributed by atoms with Crippen LogP contribution in [0.1, 0.15) is 10.4 Å². The molecule has 0 bridgehead atoms. The highest BCUT2D eigenvalue weighted by molar-refractivity contribution is 5.88. The lowest BCUT2D eigenvalue weighted by molar-refractivity contribution is -0.416. The van der Waals surface area contributed by atoms with E-state index in [1.807, 2.05) is 0 Å². The lowest BCUT2D eigenvalue weighted by Gasteiger charge is -2.38. The molecule has 0 aliphatic carbocycles. The molecular formula is C19H13F17O3. The summed E-state index contributed by atoms with van der Waals surface area (Å²) in [5.74, 6) is -26.3. The highest BCUT2D eigenvalue weighted by Gasteiger charge is 2.85. The van der Waals surface area contributed by atoms with Crippen LogP contribution in [-0.4, -0.2) is 84.6 Å². The predicted molar refractivity (Wildman–Crippen MR) is 94.1 cm³/mol. The molecule has 0 aliphatic rings. The third-order valence-corrected chi connectivity index (χ3v) is 4.89. The monoisotopic (exact) mass is 612 g/mol. The molecule has 1 aromatic rings. The van der Waals surface area contributed by atoms with Gasteiger partial charge in [-0.15, -0.1) is 0 Å². The van der Waals surface area contributed by atoms with Gasteiger partial charge < -0.3 is 9.84 Å². The molecule has 226 valence electrons. The summed E-state index contributed by atoms with van der Waals surface area (Å²) in [6, 6.07) is 1.45. The average molecular weight is 612 g/mol. The first-order valence-electron chi connectivity index (χ1n) is 9.76. The Hall–Kier alpha value is -2.70. The van der Waals surface area contributed by atoms with Crippen molar-refractivity contribution in [2.45, 2.75) is 73.5 Å². The normalized spacial score (nSPS) is 19.1. The molecule has 0 spiro atoms. The van der Waals surface area contributed by atoms with Crippen molar-refractivity contribution in [3.8, 4) is 5.75 Å². The molecule has 39 heavy (non-hydrogen) atoms. The van der Waals surface area contributed by atoms with Crippen LogP contribution in [0.15, 0.2) is 24.3 Å². The summed E-state index contributed by atoms with van der Waals surface area (Å²) >= 11 is 0. The summed E-state index contributed by atoms with van der Waals surface area (Å²) in [4.78, 5) is 10.7. The van der Waals surface area contributed by atoms with Crippen molar-refractivity contribution in [1.29, 1.82) is 0 Å². The van der Waals surface area contributed by atoms with Crippen LogP contribution in [0.2, 0.25) is 0 Å². The number of aromatic carboxylic acids is 1. The fourth-order valence-corrected chi connectivity index (χ4v) is 2.67. The van der Waals surface area contributed by atoms with Gasteiger partial charge in [0, 0.05) is 0 Å². The lowest BCUT2D eigenvalue weighted by Crippen LogP contribution is -2.67. The number of hydrogen-bond acceptors (Lipinski definition) is 2. The van der Waals surface area contributed by atoms with Crippen LogP contribution in [0.25, 0.3) is 0 Å². The molecule has 0 saturated carbocycles. The van der Waals surface area contributed by atoms with Crippen LogP contribution in [0.4, 0.5) is 74.6 Å². The van der Waals surface area contributed by atoms with Gasteiger partial charge >= 0.3 is 29.8 Å². The number of carbonyl (C=O) groups is 1. The Labute approximate surface area is 205 Å². The Balaban J connectivity index is 3.25. The van der Waals surface area contributed by atoms with Gasteiger partial charge in [-0.2, -0.15) is 35.1 Å². The second kappa shape index (κ2) is 11.8. The topological polar surface area (TPSA) is 46.5 Å². The van der Waals surface area contributed by atoms with E-state index in [1.165, 1.54) is 0 Å². The zero-order valence-electron chi connectivity index (χ0n) is 18.1. The number of carboxylic acids is 1. The summed E-state index contributed by atoms with van der Waals surface area (Å²) in [5, 5.41) is 8.68. The Morgan fingerprint density at radius 2 is 1.10 bits per heavy atom. The van der Waals surface area contributed by atoms with E-state index in [9.17, 15) is 79.4 Å². The summed E-state index contributed by atoms with van der Waals surface area (Å²) in [6.45, 7) is 0. The van der Waals surface area contributed by atoms with Crippen molar-refractivity contribution in [1.82, 2.24) is 0 Å². The van der Waals surface area contributed by atoms with Crippen LogP contribution in [0.3, 0.4) is 0 Å². The Bertz CT molecular complexity index is 974. The molecule has 7 unspecified atom stereocenters. The van der Waals surface area contributed by atoms with E-state index >= 15 is 0 Å². The standard InChI is InChI=1S/C19H13F17O3/c20-7(8(21)10(23)12(25)14(27)28)9(22)11(24)13(26)16(29,30)17(31,32)18(33,34)19(35,36)39-6-3-1-2-5(4-6)15(37)38/h1-4,7-14H,(H,37,38). The predicted octanol–water partition coefficient (Wildman–Crippen LogP) is 6.89. The first-order valence-corrected chi connectivity index (χ1v) is 9.76. The molecule has 1 rings (SSSR count). The molecule has 1 aromatic carbocycles. The van der Waals surface area contributed by atoms with Crippen LogP contribution < -0.4 is 4.74 Å². The molecule has 0 aromatic heterocycles. The number of ether oxygens (including phenoxy) is 1. The largest absolute Gasteiger partial charge is 0.478 e. The van der Waals surface area contributed by atoms with Gasteiger partial charge in [0.1, 0.15) is 5.75 Å². The van der Waals surface area contributed by atoms with E-state index in [0.717, 1.165) is 0 Å². The van der Waals surface area contributed by atoms with Gasteiger partial charge in [-0.1, -0.05) is 6.07 Å². The van der Waals surface area contributed by atoms with E-state index in [0.29, 0.717) is 12.1 Å². The summed E-state index contributed by atoms with van der Waals surface area (Å²) < 4.78 is 232. The zero-order chi connectivity index (χ0) is 30.9. The highest BCUT2D eigenvalue weighted by Crippen LogP contribution is 2.55.